The maximum atomic E-state index is 12.5. The van der Waals surface area contributed by atoms with Crippen molar-refractivity contribution in [2.75, 3.05) is 0 Å². The highest BCUT2D eigenvalue weighted by Gasteiger charge is 2.17. The number of rotatable bonds is 3. The van der Waals surface area contributed by atoms with Gasteiger partial charge in [0.05, 0.1) is 16.7 Å². The lowest BCUT2D eigenvalue weighted by molar-refractivity contribution is 0.0693. The molecule has 0 aliphatic rings. The van der Waals surface area contributed by atoms with Crippen LogP contribution in [0.4, 0.5) is 0 Å². The highest BCUT2D eigenvalue weighted by molar-refractivity contribution is 5.87. The summed E-state index contributed by atoms with van der Waals surface area (Å²) in [5.41, 5.74) is -0.809. The predicted molar refractivity (Wildman–Crippen MR) is 86.0 cm³/mol. The van der Waals surface area contributed by atoms with Crippen molar-refractivity contribution in [1.82, 2.24) is 18.7 Å². The number of hydrogen-bond acceptors (Lipinski definition) is 4. The van der Waals surface area contributed by atoms with Gasteiger partial charge in [0.1, 0.15) is 5.56 Å². The van der Waals surface area contributed by atoms with Gasteiger partial charge in [-0.25, -0.2) is 14.4 Å². The summed E-state index contributed by atoms with van der Waals surface area (Å²) in [6, 6.07) is 4.75. The Hall–Kier alpha value is -3.36. The van der Waals surface area contributed by atoms with E-state index < -0.39 is 22.8 Å². The number of benzene rings is 1. The van der Waals surface area contributed by atoms with Crippen molar-refractivity contribution in [3.8, 4) is 5.69 Å². The number of imidazole rings is 1. The number of carboxylic acid groups (broad SMARTS) is 1. The molecule has 0 bridgehead atoms. The molecular weight excluding hydrogens is 316 g/mol. The van der Waals surface area contributed by atoms with Crippen molar-refractivity contribution in [2.24, 2.45) is 7.05 Å². The molecule has 9 nitrogen and oxygen atoms in total. The first-order chi connectivity index (χ1) is 11.3. The van der Waals surface area contributed by atoms with Crippen LogP contribution in [0, 0.1) is 0 Å². The molecule has 0 aliphatic carbocycles. The number of nitrogens with one attached hydrogen (secondary N) is 1. The van der Waals surface area contributed by atoms with E-state index in [0.29, 0.717) is 16.7 Å². The molecule has 0 saturated heterocycles. The third-order valence-electron chi connectivity index (χ3n) is 3.88. The third kappa shape index (κ3) is 2.18. The van der Waals surface area contributed by atoms with E-state index in [9.17, 15) is 24.3 Å². The molecule has 0 atom stereocenters. The summed E-state index contributed by atoms with van der Waals surface area (Å²) in [7, 11) is 1.57. The SMILES string of the molecule is CCn1c(=O)c(C(=O)O)cn(-c2ccc3[nH]c(=O)n(C)c3c2)c1=O. The number of aromatic carboxylic acids is 1. The molecule has 9 heteroatoms. The molecule has 2 heterocycles. The highest BCUT2D eigenvalue weighted by Crippen LogP contribution is 2.14. The van der Waals surface area contributed by atoms with Crippen LogP contribution >= 0.6 is 0 Å². The Labute approximate surface area is 134 Å². The lowest BCUT2D eigenvalue weighted by Gasteiger charge is -2.10. The molecule has 0 amide bonds. The van der Waals surface area contributed by atoms with Gasteiger partial charge in [-0.15, -0.1) is 0 Å². The molecule has 2 N–H and O–H groups in total. The minimum absolute atomic E-state index is 0.0453. The Morgan fingerprint density at radius 3 is 2.58 bits per heavy atom. The zero-order valence-corrected chi connectivity index (χ0v) is 12.9. The summed E-state index contributed by atoms with van der Waals surface area (Å²) >= 11 is 0. The quantitative estimate of drug-likeness (QED) is 0.695. The average Bonchev–Trinajstić information content (AvgIpc) is 2.82. The Balaban J connectivity index is 2.37. The normalized spacial score (nSPS) is 11.1. The summed E-state index contributed by atoms with van der Waals surface area (Å²) in [5, 5.41) is 9.19. The van der Waals surface area contributed by atoms with Gasteiger partial charge in [-0.2, -0.15) is 0 Å². The average molecular weight is 330 g/mol. The summed E-state index contributed by atoms with van der Waals surface area (Å²) in [4.78, 5) is 50.1. The topological polar surface area (TPSA) is 119 Å². The molecule has 24 heavy (non-hydrogen) atoms. The molecule has 1 aromatic carbocycles. The lowest BCUT2D eigenvalue weighted by Crippen LogP contribution is -2.41. The van der Waals surface area contributed by atoms with Crippen molar-refractivity contribution in [3.63, 3.8) is 0 Å². The van der Waals surface area contributed by atoms with Crippen molar-refractivity contribution >= 4 is 17.0 Å². The van der Waals surface area contributed by atoms with Crippen LogP contribution in [0.3, 0.4) is 0 Å². The summed E-state index contributed by atoms with van der Waals surface area (Å²) in [6.45, 7) is 1.63. The minimum Gasteiger partial charge on any atom is -0.477 e. The number of carbonyl (C=O) groups is 1. The number of aromatic nitrogens is 4. The smallest absolute Gasteiger partial charge is 0.342 e. The Bertz CT molecular complexity index is 1150. The zero-order valence-electron chi connectivity index (χ0n) is 12.9. The maximum Gasteiger partial charge on any atom is 0.342 e. The Morgan fingerprint density at radius 1 is 1.25 bits per heavy atom. The van der Waals surface area contributed by atoms with E-state index in [1.54, 1.807) is 32.2 Å². The van der Waals surface area contributed by atoms with Gasteiger partial charge in [0.2, 0.25) is 0 Å². The van der Waals surface area contributed by atoms with Crippen LogP contribution in [0.5, 0.6) is 0 Å². The predicted octanol–water partition coefficient (Wildman–Crippen LogP) is -0.103. The van der Waals surface area contributed by atoms with Crippen molar-refractivity contribution < 1.29 is 9.90 Å². The van der Waals surface area contributed by atoms with E-state index in [4.69, 9.17) is 0 Å². The largest absolute Gasteiger partial charge is 0.477 e. The van der Waals surface area contributed by atoms with Crippen LogP contribution < -0.4 is 16.9 Å². The second-order valence-corrected chi connectivity index (χ2v) is 5.24. The molecule has 0 aliphatic heterocycles. The molecule has 124 valence electrons. The first-order valence-corrected chi connectivity index (χ1v) is 7.14. The number of carboxylic acids is 1. The molecule has 3 rings (SSSR count). The van der Waals surface area contributed by atoms with Crippen LogP contribution in [-0.4, -0.2) is 29.8 Å². The molecule has 3 aromatic rings. The van der Waals surface area contributed by atoms with E-state index in [-0.39, 0.29) is 12.2 Å². The van der Waals surface area contributed by atoms with Crippen LogP contribution in [0.15, 0.2) is 38.8 Å². The number of aryl methyl sites for hydroxylation is 1. The van der Waals surface area contributed by atoms with Crippen molar-refractivity contribution in [1.29, 1.82) is 0 Å². The zero-order chi connectivity index (χ0) is 17.6. The number of H-pyrrole nitrogens is 1. The summed E-state index contributed by atoms with van der Waals surface area (Å²) in [5.74, 6) is -1.41. The van der Waals surface area contributed by atoms with Gasteiger partial charge in [-0.05, 0) is 25.1 Å². The van der Waals surface area contributed by atoms with Gasteiger partial charge in [0.25, 0.3) is 5.56 Å². The van der Waals surface area contributed by atoms with Crippen molar-refractivity contribution in [3.05, 3.63) is 61.3 Å². The van der Waals surface area contributed by atoms with Crippen LogP contribution in [0.1, 0.15) is 17.3 Å². The van der Waals surface area contributed by atoms with Gasteiger partial charge in [0.15, 0.2) is 0 Å². The fourth-order valence-electron chi connectivity index (χ4n) is 2.57. The van der Waals surface area contributed by atoms with E-state index in [1.807, 2.05) is 0 Å². The Morgan fingerprint density at radius 2 is 1.96 bits per heavy atom. The van der Waals surface area contributed by atoms with E-state index in [0.717, 1.165) is 15.3 Å². The summed E-state index contributed by atoms with van der Waals surface area (Å²) < 4.78 is 3.31. The first-order valence-electron chi connectivity index (χ1n) is 7.14. The number of aromatic amines is 1. The molecule has 0 unspecified atom stereocenters. The fourth-order valence-corrected chi connectivity index (χ4v) is 2.57. The van der Waals surface area contributed by atoms with Crippen LogP contribution in [0.2, 0.25) is 0 Å². The van der Waals surface area contributed by atoms with Gasteiger partial charge >= 0.3 is 17.3 Å². The molecule has 2 aromatic heterocycles. The Kier molecular flexibility index (Phi) is 3.48. The molecular formula is C15H14N4O5. The maximum absolute atomic E-state index is 12.5. The van der Waals surface area contributed by atoms with E-state index in [1.165, 1.54) is 4.57 Å². The number of fused-ring (bicyclic) bond motifs is 1. The summed E-state index contributed by atoms with van der Waals surface area (Å²) in [6.07, 6.45) is 1.01. The van der Waals surface area contributed by atoms with Crippen molar-refractivity contribution in [2.45, 2.75) is 13.5 Å². The highest BCUT2D eigenvalue weighted by atomic mass is 16.4. The van der Waals surface area contributed by atoms with Gasteiger partial charge in [-0.1, -0.05) is 0 Å². The van der Waals surface area contributed by atoms with Crippen LogP contribution in [0.25, 0.3) is 16.7 Å². The van der Waals surface area contributed by atoms with Gasteiger partial charge in [-0.3, -0.25) is 18.5 Å². The first kappa shape index (κ1) is 15.5. The van der Waals surface area contributed by atoms with Gasteiger partial charge in [0, 0.05) is 19.8 Å². The fraction of sp³-hybridized carbons (Fsp3) is 0.200. The van der Waals surface area contributed by atoms with E-state index >= 15 is 0 Å². The molecule has 0 radical (unpaired) electrons. The minimum atomic E-state index is -1.41. The second-order valence-electron chi connectivity index (χ2n) is 5.24. The molecule has 0 fully saturated rings. The lowest BCUT2D eigenvalue weighted by atomic mass is 10.2. The molecule has 0 saturated carbocycles. The standard InChI is InChI=1S/C15H14N4O5/c1-3-18-12(20)9(13(21)22)7-19(15(18)24)8-4-5-10-11(6-8)17(2)14(23)16-10/h4-7H,3H2,1-2H3,(H,16,23)(H,21,22). The van der Waals surface area contributed by atoms with Crippen LogP contribution in [-0.2, 0) is 13.6 Å². The number of nitrogens with zero attached hydrogens (tertiary/aromatic N) is 3. The van der Waals surface area contributed by atoms with E-state index in [2.05, 4.69) is 4.98 Å². The molecule has 0 spiro atoms. The third-order valence-corrected chi connectivity index (χ3v) is 3.88. The van der Waals surface area contributed by atoms with Gasteiger partial charge < -0.3 is 10.1 Å². The number of hydrogen-bond donors (Lipinski definition) is 2. The monoisotopic (exact) mass is 330 g/mol. The second kappa shape index (κ2) is 5.37.